The molecule has 0 fully saturated rings. The molecule has 2 heterocycles. The van der Waals surface area contributed by atoms with Gasteiger partial charge in [0.1, 0.15) is 5.75 Å². The van der Waals surface area contributed by atoms with E-state index in [-0.39, 0.29) is 0 Å². The maximum atomic E-state index is 5.75. The Morgan fingerprint density at radius 1 is 1.11 bits per heavy atom. The minimum Gasteiger partial charge on any atom is -0.493 e. The summed E-state index contributed by atoms with van der Waals surface area (Å²) in [5.74, 6) is 1.73. The molecule has 0 N–H and O–H groups in total. The Morgan fingerprint density at radius 2 is 1.95 bits per heavy atom. The molecule has 0 unspecified atom stereocenters. The molecule has 2 aromatic heterocycles. The fraction of sp³-hybridized carbons (Fsp3) is 0.200. The number of rotatable bonds is 4. The molecule has 0 aliphatic rings. The maximum Gasteiger partial charge on any atom is 0.155 e. The molecule has 4 nitrogen and oxygen atoms in total. The topological polar surface area (TPSA) is 39.4 Å². The lowest BCUT2D eigenvalue weighted by Gasteiger charge is -2.06. The SMILES string of the molecule is Cc1ccccc1OCCc1nc2ccccn2n1. The second-order valence-corrected chi connectivity index (χ2v) is 4.40. The van der Waals surface area contributed by atoms with Crippen LogP contribution in [0.5, 0.6) is 5.75 Å². The highest BCUT2D eigenvalue weighted by Crippen LogP contribution is 2.16. The van der Waals surface area contributed by atoms with E-state index in [2.05, 4.69) is 10.1 Å². The monoisotopic (exact) mass is 253 g/mol. The fourth-order valence-corrected chi connectivity index (χ4v) is 1.95. The van der Waals surface area contributed by atoms with Crippen molar-refractivity contribution >= 4 is 5.65 Å². The number of para-hydroxylation sites is 1. The standard InChI is InChI=1S/C15H15N3O/c1-12-6-2-3-7-13(12)19-11-9-14-16-15-8-4-5-10-18(15)17-14/h2-8,10H,9,11H2,1H3. The Morgan fingerprint density at radius 3 is 2.79 bits per heavy atom. The molecule has 0 bridgehead atoms. The number of fused-ring (bicyclic) bond motifs is 1. The number of hydrogen-bond acceptors (Lipinski definition) is 3. The van der Waals surface area contributed by atoms with Crippen molar-refractivity contribution in [2.24, 2.45) is 0 Å². The van der Waals surface area contributed by atoms with Crippen LogP contribution in [0.4, 0.5) is 0 Å². The van der Waals surface area contributed by atoms with Gasteiger partial charge >= 0.3 is 0 Å². The summed E-state index contributed by atoms with van der Waals surface area (Å²) in [7, 11) is 0. The number of hydrogen-bond donors (Lipinski definition) is 0. The molecule has 0 spiro atoms. The minimum atomic E-state index is 0.585. The molecule has 19 heavy (non-hydrogen) atoms. The zero-order valence-electron chi connectivity index (χ0n) is 10.8. The number of nitrogens with zero attached hydrogens (tertiary/aromatic N) is 3. The average Bonchev–Trinajstić information content (AvgIpc) is 2.83. The van der Waals surface area contributed by atoms with Crippen molar-refractivity contribution in [1.82, 2.24) is 14.6 Å². The number of aromatic nitrogens is 3. The Hall–Kier alpha value is -2.36. The van der Waals surface area contributed by atoms with E-state index in [0.717, 1.165) is 22.8 Å². The van der Waals surface area contributed by atoms with Crippen molar-refractivity contribution in [3.05, 3.63) is 60.0 Å². The normalized spacial score (nSPS) is 10.8. The van der Waals surface area contributed by atoms with Crippen LogP contribution < -0.4 is 4.74 Å². The second-order valence-electron chi connectivity index (χ2n) is 4.40. The Kier molecular flexibility index (Phi) is 3.14. The van der Waals surface area contributed by atoms with E-state index in [9.17, 15) is 0 Å². The summed E-state index contributed by atoms with van der Waals surface area (Å²) < 4.78 is 7.53. The summed E-state index contributed by atoms with van der Waals surface area (Å²) in [4.78, 5) is 4.44. The first-order valence-electron chi connectivity index (χ1n) is 6.32. The van der Waals surface area contributed by atoms with Gasteiger partial charge in [-0.25, -0.2) is 9.50 Å². The van der Waals surface area contributed by atoms with Gasteiger partial charge in [-0.2, -0.15) is 5.10 Å². The van der Waals surface area contributed by atoms with Gasteiger partial charge in [-0.3, -0.25) is 0 Å². The summed E-state index contributed by atoms with van der Waals surface area (Å²) in [6, 6.07) is 13.8. The van der Waals surface area contributed by atoms with Gasteiger partial charge in [-0.15, -0.1) is 0 Å². The van der Waals surface area contributed by atoms with Crippen LogP contribution in [0.15, 0.2) is 48.7 Å². The number of ether oxygens (including phenoxy) is 1. The predicted molar refractivity (Wildman–Crippen MR) is 73.4 cm³/mol. The number of pyridine rings is 1. The van der Waals surface area contributed by atoms with Crippen molar-refractivity contribution in [1.29, 1.82) is 0 Å². The molecule has 0 amide bonds. The average molecular weight is 253 g/mol. The summed E-state index contributed by atoms with van der Waals surface area (Å²) in [6.07, 6.45) is 2.60. The quantitative estimate of drug-likeness (QED) is 0.717. The van der Waals surface area contributed by atoms with E-state index in [1.807, 2.05) is 55.6 Å². The van der Waals surface area contributed by atoms with E-state index in [1.165, 1.54) is 0 Å². The highest BCUT2D eigenvalue weighted by molar-refractivity contribution is 5.36. The van der Waals surface area contributed by atoms with Gasteiger partial charge < -0.3 is 4.74 Å². The first-order chi connectivity index (χ1) is 9.33. The predicted octanol–water partition coefficient (Wildman–Crippen LogP) is 2.66. The first-order valence-corrected chi connectivity index (χ1v) is 6.32. The zero-order valence-corrected chi connectivity index (χ0v) is 10.8. The van der Waals surface area contributed by atoms with E-state index in [1.54, 1.807) is 4.52 Å². The molecule has 0 saturated carbocycles. The highest BCUT2D eigenvalue weighted by atomic mass is 16.5. The van der Waals surface area contributed by atoms with Gasteiger partial charge in [0.05, 0.1) is 6.61 Å². The molecule has 0 aliphatic heterocycles. The summed E-state index contributed by atoms with van der Waals surface area (Å²) in [6.45, 7) is 2.63. The molecular formula is C15H15N3O. The lowest BCUT2D eigenvalue weighted by atomic mass is 10.2. The molecule has 4 heteroatoms. The summed E-state index contributed by atoms with van der Waals surface area (Å²) in [5.41, 5.74) is 2.01. The molecule has 3 rings (SSSR count). The van der Waals surface area contributed by atoms with Gasteiger partial charge in [-0.1, -0.05) is 24.3 Å². The molecule has 96 valence electrons. The van der Waals surface area contributed by atoms with Crippen LogP contribution in [0.1, 0.15) is 11.4 Å². The van der Waals surface area contributed by atoms with Gasteiger partial charge in [-0.05, 0) is 30.7 Å². The van der Waals surface area contributed by atoms with E-state index >= 15 is 0 Å². The number of aryl methyl sites for hydroxylation is 1. The number of benzene rings is 1. The fourth-order valence-electron chi connectivity index (χ4n) is 1.95. The van der Waals surface area contributed by atoms with Crippen LogP contribution >= 0.6 is 0 Å². The molecule has 3 aromatic rings. The first kappa shape index (κ1) is 11.7. The summed E-state index contributed by atoms with van der Waals surface area (Å²) >= 11 is 0. The largest absolute Gasteiger partial charge is 0.493 e. The smallest absolute Gasteiger partial charge is 0.155 e. The maximum absolute atomic E-state index is 5.75. The van der Waals surface area contributed by atoms with Crippen LogP contribution in [0.3, 0.4) is 0 Å². The molecule has 1 aromatic carbocycles. The molecule has 0 saturated heterocycles. The third kappa shape index (κ3) is 2.57. The molecule has 0 radical (unpaired) electrons. The lowest BCUT2D eigenvalue weighted by Crippen LogP contribution is -2.03. The van der Waals surface area contributed by atoms with Crippen molar-refractivity contribution in [2.45, 2.75) is 13.3 Å². The third-order valence-electron chi connectivity index (χ3n) is 2.96. The molecule has 0 aliphatic carbocycles. The lowest BCUT2D eigenvalue weighted by molar-refractivity contribution is 0.317. The van der Waals surface area contributed by atoms with Gasteiger partial charge in [0, 0.05) is 12.6 Å². The molecular weight excluding hydrogens is 238 g/mol. The Bertz CT molecular complexity index is 657. The van der Waals surface area contributed by atoms with Gasteiger partial charge in [0.25, 0.3) is 0 Å². The van der Waals surface area contributed by atoms with Crippen LogP contribution in [-0.2, 0) is 6.42 Å². The van der Waals surface area contributed by atoms with Crippen molar-refractivity contribution in [3.63, 3.8) is 0 Å². The zero-order chi connectivity index (χ0) is 13.1. The van der Waals surface area contributed by atoms with Crippen LogP contribution in [0.25, 0.3) is 5.65 Å². The van der Waals surface area contributed by atoms with Crippen LogP contribution in [0.2, 0.25) is 0 Å². The van der Waals surface area contributed by atoms with E-state index < -0.39 is 0 Å². The minimum absolute atomic E-state index is 0.585. The Balaban J connectivity index is 1.65. The Labute approximate surface area is 111 Å². The van der Waals surface area contributed by atoms with Gasteiger partial charge in [0.15, 0.2) is 11.5 Å². The van der Waals surface area contributed by atoms with Crippen molar-refractivity contribution in [3.8, 4) is 5.75 Å². The highest BCUT2D eigenvalue weighted by Gasteiger charge is 2.03. The van der Waals surface area contributed by atoms with Crippen LogP contribution in [0, 0.1) is 6.92 Å². The second kappa shape index (κ2) is 5.10. The van der Waals surface area contributed by atoms with E-state index in [4.69, 9.17) is 4.74 Å². The molecule has 0 atom stereocenters. The third-order valence-corrected chi connectivity index (χ3v) is 2.96. The van der Waals surface area contributed by atoms with Crippen molar-refractivity contribution < 1.29 is 4.74 Å². The van der Waals surface area contributed by atoms with Crippen LogP contribution in [-0.4, -0.2) is 21.2 Å². The van der Waals surface area contributed by atoms with Gasteiger partial charge in [0.2, 0.25) is 0 Å². The van der Waals surface area contributed by atoms with E-state index in [0.29, 0.717) is 13.0 Å². The summed E-state index contributed by atoms with van der Waals surface area (Å²) in [5, 5.41) is 4.39. The van der Waals surface area contributed by atoms with Crippen molar-refractivity contribution in [2.75, 3.05) is 6.61 Å².